The first-order valence-corrected chi connectivity index (χ1v) is 9.84. The lowest BCUT2D eigenvalue weighted by Gasteiger charge is -2.42. The van der Waals surface area contributed by atoms with Crippen LogP contribution in [0.15, 0.2) is 12.1 Å². The van der Waals surface area contributed by atoms with Crippen LogP contribution in [0.4, 0.5) is 0 Å². The first-order chi connectivity index (χ1) is 12.5. The zero-order chi connectivity index (χ0) is 19.1. The van der Waals surface area contributed by atoms with Crippen molar-refractivity contribution < 1.29 is 14.6 Å². The molecule has 1 aromatic carbocycles. The standard InChI is InChI=1S/C20H33ClN2O3/c1-15(2)7-9-23-11-10-22(14-17(23)8-12-24)13-16-5-6-18(25-3)20(26-4)19(16)21/h5-6,15,17,24H,7-14H2,1-4H3. The summed E-state index contributed by atoms with van der Waals surface area (Å²) in [5.74, 6) is 1.94. The lowest BCUT2D eigenvalue weighted by atomic mass is 10.0. The fourth-order valence-corrected chi connectivity index (χ4v) is 3.83. The number of methoxy groups -OCH3 is 2. The minimum atomic E-state index is 0.230. The molecule has 2 rings (SSSR count). The van der Waals surface area contributed by atoms with Crippen LogP contribution in [0.1, 0.15) is 32.3 Å². The van der Waals surface area contributed by atoms with Crippen molar-refractivity contribution in [2.75, 3.05) is 47.0 Å². The van der Waals surface area contributed by atoms with Gasteiger partial charge in [-0.3, -0.25) is 9.80 Å². The summed E-state index contributed by atoms with van der Waals surface area (Å²) in [6.07, 6.45) is 2.01. The Kier molecular flexibility index (Phi) is 8.48. The zero-order valence-electron chi connectivity index (χ0n) is 16.5. The maximum atomic E-state index is 9.46. The smallest absolute Gasteiger partial charge is 0.179 e. The molecule has 1 aliphatic heterocycles. The third-order valence-electron chi connectivity index (χ3n) is 5.10. The van der Waals surface area contributed by atoms with E-state index in [-0.39, 0.29) is 6.61 Å². The Labute approximate surface area is 162 Å². The van der Waals surface area contributed by atoms with Crippen LogP contribution in [-0.2, 0) is 6.54 Å². The monoisotopic (exact) mass is 384 g/mol. The van der Waals surface area contributed by atoms with Gasteiger partial charge in [-0.15, -0.1) is 0 Å². The number of benzene rings is 1. The predicted molar refractivity (Wildman–Crippen MR) is 106 cm³/mol. The van der Waals surface area contributed by atoms with Gasteiger partial charge in [0.05, 0.1) is 19.2 Å². The molecule has 1 atom stereocenters. The zero-order valence-corrected chi connectivity index (χ0v) is 17.3. The van der Waals surface area contributed by atoms with Crippen molar-refractivity contribution in [3.05, 3.63) is 22.7 Å². The molecule has 0 radical (unpaired) electrons. The molecular weight excluding hydrogens is 352 g/mol. The van der Waals surface area contributed by atoms with Crippen LogP contribution in [0.2, 0.25) is 5.02 Å². The summed E-state index contributed by atoms with van der Waals surface area (Å²) in [5, 5.41) is 10.1. The van der Waals surface area contributed by atoms with Gasteiger partial charge in [-0.1, -0.05) is 31.5 Å². The van der Waals surface area contributed by atoms with Gasteiger partial charge in [0, 0.05) is 38.8 Å². The number of rotatable bonds is 9. The maximum Gasteiger partial charge on any atom is 0.179 e. The SMILES string of the molecule is COc1ccc(CN2CCN(CCC(C)C)C(CCO)C2)c(Cl)c1OC. The topological polar surface area (TPSA) is 45.2 Å². The number of halogens is 1. The lowest BCUT2D eigenvalue weighted by molar-refractivity contribution is 0.0524. The van der Waals surface area contributed by atoms with E-state index >= 15 is 0 Å². The highest BCUT2D eigenvalue weighted by Crippen LogP contribution is 2.37. The van der Waals surface area contributed by atoms with Gasteiger partial charge in [-0.05, 0) is 36.9 Å². The van der Waals surface area contributed by atoms with E-state index in [9.17, 15) is 5.11 Å². The van der Waals surface area contributed by atoms with E-state index in [0.717, 1.165) is 44.7 Å². The quantitative estimate of drug-likeness (QED) is 0.707. The number of aliphatic hydroxyl groups excluding tert-OH is 1. The van der Waals surface area contributed by atoms with Crippen molar-refractivity contribution in [1.29, 1.82) is 0 Å². The highest BCUT2D eigenvalue weighted by molar-refractivity contribution is 6.33. The van der Waals surface area contributed by atoms with Gasteiger partial charge in [-0.25, -0.2) is 0 Å². The number of nitrogens with zero attached hydrogens (tertiary/aromatic N) is 2. The van der Waals surface area contributed by atoms with E-state index in [2.05, 4.69) is 23.6 Å². The summed E-state index contributed by atoms with van der Waals surface area (Å²) >= 11 is 6.54. The predicted octanol–water partition coefficient (Wildman–Crippen LogP) is 3.27. The average Bonchev–Trinajstić information content (AvgIpc) is 2.62. The van der Waals surface area contributed by atoms with Gasteiger partial charge in [0.25, 0.3) is 0 Å². The van der Waals surface area contributed by atoms with Crippen molar-refractivity contribution in [2.45, 2.75) is 39.3 Å². The van der Waals surface area contributed by atoms with Crippen LogP contribution in [-0.4, -0.2) is 68.0 Å². The molecule has 0 aliphatic carbocycles. The van der Waals surface area contributed by atoms with Crippen LogP contribution < -0.4 is 9.47 Å². The Balaban J connectivity index is 2.04. The molecule has 148 valence electrons. The van der Waals surface area contributed by atoms with Gasteiger partial charge in [0.1, 0.15) is 0 Å². The van der Waals surface area contributed by atoms with Crippen molar-refractivity contribution in [3.8, 4) is 11.5 Å². The Bertz CT molecular complexity index is 568. The molecule has 0 saturated carbocycles. The maximum absolute atomic E-state index is 9.46. The third-order valence-corrected chi connectivity index (χ3v) is 5.52. The van der Waals surface area contributed by atoms with Crippen LogP contribution in [0.25, 0.3) is 0 Å². The van der Waals surface area contributed by atoms with Crippen molar-refractivity contribution in [3.63, 3.8) is 0 Å². The normalized spacial score (nSPS) is 19.1. The second-order valence-corrected chi connectivity index (χ2v) is 7.77. The van der Waals surface area contributed by atoms with Crippen LogP contribution in [0.3, 0.4) is 0 Å². The molecule has 1 aliphatic rings. The number of hydrogen-bond donors (Lipinski definition) is 1. The fraction of sp³-hybridized carbons (Fsp3) is 0.700. The summed E-state index contributed by atoms with van der Waals surface area (Å²) in [6, 6.07) is 4.31. The molecule has 1 N–H and O–H groups in total. The molecule has 0 aromatic heterocycles. The number of ether oxygens (including phenoxy) is 2. The van der Waals surface area contributed by atoms with Gasteiger partial charge in [0.2, 0.25) is 0 Å². The minimum absolute atomic E-state index is 0.230. The molecule has 26 heavy (non-hydrogen) atoms. The van der Waals surface area contributed by atoms with Crippen LogP contribution in [0, 0.1) is 5.92 Å². The molecule has 1 fully saturated rings. The summed E-state index contributed by atoms with van der Waals surface area (Å²) < 4.78 is 10.7. The Morgan fingerprint density at radius 1 is 1.23 bits per heavy atom. The summed E-state index contributed by atoms with van der Waals surface area (Å²) in [7, 11) is 3.22. The molecule has 0 spiro atoms. The van der Waals surface area contributed by atoms with E-state index < -0.39 is 0 Å². The van der Waals surface area contributed by atoms with Crippen LogP contribution in [0.5, 0.6) is 11.5 Å². The largest absolute Gasteiger partial charge is 0.493 e. The first-order valence-electron chi connectivity index (χ1n) is 9.46. The highest BCUT2D eigenvalue weighted by atomic mass is 35.5. The van der Waals surface area contributed by atoms with Crippen molar-refractivity contribution in [1.82, 2.24) is 9.80 Å². The van der Waals surface area contributed by atoms with Gasteiger partial charge < -0.3 is 14.6 Å². The van der Waals surface area contributed by atoms with E-state index in [1.165, 1.54) is 6.42 Å². The van der Waals surface area contributed by atoms with Crippen molar-refractivity contribution >= 4 is 11.6 Å². The van der Waals surface area contributed by atoms with E-state index in [0.29, 0.717) is 28.5 Å². The average molecular weight is 385 g/mol. The van der Waals surface area contributed by atoms with Crippen molar-refractivity contribution in [2.24, 2.45) is 5.92 Å². The number of aliphatic hydroxyl groups is 1. The molecule has 1 heterocycles. The Morgan fingerprint density at radius 3 is 2.62 bits per heavy atom. The van der Waals surface area contributed by atoms with E-state index in [1.54, 1.807) is 14.2 Å². The second-order valence-electron chi connectivity index (χ2n) is 7.39. The summed E-state index contributed by atoms with van der Waals surface area (Å²) in [4.78, 5) is 4.95. The molecule has 0 amide bonds. The Hall–Kier alpha value is -1.01. The van der Waals surface area contributed by atoms with Crippen LogP contribution >= 0.6 is 11.6 Å². The molecule has 1 aromatic rings. The Morgan fingerprint density at radius 2 is 2.00 bits per heavy atom. The number of hydrogen-bond acceptors (Lipinski definition) is 5. The fourth-order valence-electron chi connectivity index (χ4n) is 3.54. The van der Waals surface area contributed by atoms with E-state index in [1.807, 2.05) is 12.1 Å². The lowest BCUT2D eigenvalue weighted by Crippen LogP contribution is -2.53. The molecule has 1 unspecified atom stereocenters. The molecule has 1 saturated heterocycles. The molecule has 6 heteroatoms. The third kappa shape index (κ3) is 5.49. The highest BCUT2D eigenvalue weighted by Gasteiger charge is 2.27. The van der Waals surface area contributed by atoms with Gasteiger partial charge >= 0.3 is 0 Å². The molecule has 5 nitrogen and oxygen atoms in total. The first kappa shape index (κ1) is 21.3. The summed E-state index contributed by atoms with van der Waals surface area (Å²) in [5.41, 5.74) is 1.04. The van der Waals surface area contributed by atoms with Gasteiger partial charge in [-0.2, -0.15) is 0 Å². The summed E-state index contributed by atoms with van der Waals surface area (Å²) in [6.45, 7) is 9.61. The minimum Gasteiger partial charge on any atom is -0.493 e. The number of piperazine rings is 1. The van der Waals surface area contributed by atoms with Gasteiger partial charge in [0.15, 0.2) is 11.5 Å². The molecular formula is C20H33ClN2O3. The molecule has 0 bridgehead atoms. The van der Waals surface area contributed by atoms with E-state index in [4.69, 9.17) is 21.1 Å². The second kappa shape index (κ2) is 10.4.